The van der Waals surface area contributed by atoms with Crippen LogP contribution in [0.4, 0.5) is 5.82 Å². The first-order chi connectivity index (χ1) is 6.66. The van der Waals surface area contributed by atoms with Crippen LogP contribution in [0.2, 0.25) is 5.15 Å². The largest absolute Gasteiger partial charge is 0.478 e. The zero-order valence-electron chi connectivity index (χ0n) is 7.40. The molecular weight excluding hydrogens is 204 g/mol. The third-order valence-corrected chi connectivity index (χ3v) is 2.40. The molecule has 5 heteroatoms. The highest BCUT2D eigenvalue weighted by molar-refractivity contribution is 6.29. The minimum Gasteiger partial charge on any atom is -0.478 e. The number of anilines is 1. The quantitative estimate of drug-likeness (QED) is 0.758. The normalized spacial score (nSPS) is 15.1. The first-order valence-electron chi connectivity index (χ1n) is 4.32. The van der Waals surface area contributed by atoms with Gasteiger partial charge in [-0.2, -0.15) is 0 Å². The molecule has 0 unspecified atom stereocenters. The molecule has 0 atom stereocenters. The summed E-state index contributed by atoms with van der Waals surface area (Å²) >= 11 is 5.72. The number of carboxylic acids is 1. The van der Waals surface area contributed by atoms with Crippen LogP contribution in [0.3, 0.4) is 0 Å². The Morgan fingerprint density at radius 1 is 1.50 bits per heavy atom. The van der Waals surface area contributed by atoms with E-state index in [1.54, 1.807) is 6.07 Å². The lowest BCUT2D eigenvalue weighted by atomic mass is 10.2. The van der Waals surface area contributed by atoms with E-state index < -0.39 is 5.97 Å². The molecule has 0 amide bonds. The first-order valence-corrected chi connectivity index (χ1v) is 4.70. The zero-order valence-corrected chi connectivity index (χ0v) is 8.16. The third-order valence-electron chi connectivity index (χ3n) is 2.21. The molecule has 14 heavy (non-hydrogen) atoms. The molecule has 1 fully saturated rings. The van der Waals surface area contributed by atoms with Gasteiger partial charge in [-0.1, -0.05) is 11.6 Å². The van der Waals surface area contributed by atoms with E-state index in [1.165, 1.54) is 6.07 Å². The number of hydrogen-bond donors (Lipinski definition) is 1. The lowest BCUT2D eigenvalue weighted by molar-refractivity contribution is 0.0697. The molecule has 2 heterocycles. The monoisotopic (exact) mass is 212 g/mol. The maximum atomic E-state index is 10.7. The first kappa shape index (κ1) is 9.27. The Morgan fingerprint density at radius 2 is 2.21 bits per heavy atom. The molecule has 0 radical (unpaired) electrons. The summed E-state index contributed by atoms with van der Waals surface area (Å²) in [6.45, 7) is 1.85. The average molecular weight is 213 g/mol. The second-order valence-electron chi connectivity index (χ2n) is 3.18. The highest BCUT2D eigenvalue weighted by Crippen LogP contribution is 2.22. The molecule has 4 nitrogen and oxygen atoms in total. The van der Waals surface area contributed by atoms with Crippen molar-refractivity contribution in [2.45, 2.75) is 6.42 Å². The van der Waals surface area contributed by atoms with Gasteiger partial charge < -0.3 is 10.0 Å². The van der Waals surface area contributed by atoms with Crippen molar-refractivity contribution in [2.24, 2.45) is 0 Å². The number of pyridine rings is 1. The molecular formula is C9H9ClN2O2. The summed E-state index contributed by atoms with van der Waals surface area (Å²) in [6.07, 6.45) is 1.12. The van der Waals surface area contributed by atoms with Gasteiger partial charge in [-0.15, -0.1) is 0 Å². The molecule has 0 spiro atoms. The van der Waals surface area contributed by atoms with Gasteiger partial charge in [0.2, 0.25) is 0 Å². The predicted molar refractivity (Wildman–Crippen MR) is 53.0 cm³/mol. The standard InChI is InChI=1S/C9H9ClN2O2/c10-7-4-6(9(13)14)5-8(11-7)12-2-1-3-12/h4-5H,1-3H2,(H,13,14). The van der Waals surface area contributed by atoms with Gasteiger partial charge in [0.05, 0.1) is 5.56 Å². The Bertz CT molecular complexity index is 377. The van der Waals surface area contributed by atoms with E-state index in [0.717, 1.165) is 19.5 Å². The molecule has 1 aliphatic rings. The number of hydrogen-bond acceptors (Lipinski definition) is 3. The fourth-order valence-electron chi connectivity index (χ4n) is 1.31. The molecule has 2 rings (SSSR count). The van der Waals surface area contributed by atoms with E-state index >= 15 is 0 Å². The molecule has 74 valence electrons. The van der Waals surface area contributed by atoms with E-state index in [4.69, 9.17) is 16.7 Å². The summed E-state index contributed by atoms with van der Waals surface area (Å²) in [4.78, 5) is 16.8. The summed E-state index contributed by atoms with van der Waals surface area (Å²) in [5, 5.41) is 9.03. The molecule has 1 aromatic heterocycles. The van der Waals surface area contributed by atoms with E-state index in [0.29, 0.717) is 5.82 Å². The number of halogens is 1. The van der Waals surface area contributed by atoms with Gasteiger partial charge in [-0.05, 0) is 18.6 Å². The van der Waals surface area contributed by atoms with Gasteiger partial charge >= 0.3 is 5.97 Å². The van der Waals surface area contributed by atoms with Crippen LogP contribution in [-0.4, -0.2) is 29.1 Å². The average Bonchev–Trinajstić information content (AvgIpc) is 1.99. The van der Waals surface area contributed by atoms with Crippen molar-refractivity contribution in [3.63, 3.8) is 0 Å². The van der Waals surface area contributed by atoms with Crippen molar-refractivity contribution in [2.75, 3.05) is 18.0 Å². The van der Waals surface area contributed by atoms with Crippen LogP contribution in [0.5, 0.6) is 0 Å². The number of aromatic nitrogens is 1. The van der Waals surface area contributed by atoms with Gasteiger partial charge in [0, 0.05) is 13.1 Å². The van der Waals surface area contributed by atoms with Crippen LogP contribution in [-0.2, 0) is 0 Å². The van der Waals surface area contributed by atoms with E-state index in [9.17, 15) is 4.79 Å². The second-order valence-corrected chi connectivity index (χ2v) is 3.57. The summed E-state index contributed by atoms with van der Waals surface area (Å²) in [7, 11) is 0. The summed E-state index contributed by atoms with van der Waals surface area (Å²) in [5.41, 5.74) is 0.187. The summed E-state index contributed by atoms with van der Waals surface area (Å²) in [5.74, 6) is -0.322. The fourth-order valence-corrected chi connectivity index (χ4v) is 1.52. The Hall–Kier alpha value is -1.29. The van der Waals surface area contributed by atoms with Crippen LogP contribution in [0, 0.1) is 0 Å². The molecule has 0 aliphatic carbocycles. The molecule has 1 saturated heterocycles. The smallest absolute Gasteiger partial charge is 0.335 e. The van der Waals surface area contributed by atoms with E-state index in [1.807, 2.05) is 4.90 Å². The number of nitrogens with zero attached hydrogens (tertiary/aromatic N) is 2. The molecule has 1 aromatic rings. The van der Waals surface area contributed by atoms with Crippen molar-refractivity contribution in [3.05, 3.63) is 22.8 Å². The van der Waals surface area contributed by atoms with Crippen molar-refractivity contribution in [3.8, 4) is 0 Å². The van der Waals surface area contributed by atoms with Gasteiger partial charge in [0.25, 0.3) is 0 Å². The molecule has 1 N–H and O–H groups in total. The number of carboxylic acid groups (broad SMARTS) is 1. The molecule has 1 aliphatic heterocycles. The van der Waals surface area contributed by atoms with Crippen molar-refractivity contribution >= 4 is 23.4 Å². The fraction of sp³-hybridized carbons (Fsp3) is 0.333. The van der Waals surface area contributed by atoms with Gasteiger partial charge in [0.15, 0.2) is 0 Å². The van der Waals surface area contributed by atoms with Crippen molar-refractivity contribution in [1.29, 1.82) is 0 Å². The molecule has 0 aromatic carbocycles. The van der Waals surface area contributed by atoms with E-state index in [2.05, 4.69) is 4.98 Å². The lowest BCUT2D eigenvalue weighted by Gasteiger charge is -2.32. The second kappa shape index (κ2) is 3.46. The van der Waals surface area contributed by atoms with Crippen molar-refractivity contribution < 1.29 is 9.90 Å². The van der Waals surface area contributed by atoms with Gasteiger partial charge in [-0.25, -0.2) is 9.78 Å². The highest BCUT2D eigenvalue weighted by Gasteiger charge is 2.18. The van der Waals surface area contributed by atoms with Crippen LogP contribution in [0.1, 0.15) is 16.8 Å². The van der Waals surface area contributed by atoms with E-state index in [-0.39, 0.29) is 10.7 Å². The third kappa shape index (κ3) is 1.65. The SMILES string of the molecule is O=C(O)c1cc(Cl)nc(N2CCC2)c1. The summed E-state index contributed by atoms with van der Waals surface area (Å²) < 4.78 is 0. The van der Waals surface area contributed by atoms with Crippen molar-refractivity contribution in [1.82, 2.24) is 4.98 Å². The molecule has 0 saturated carbocycles. The number of carbonyl (C=O) groups is 1. The Labute approximate surface area is 86.1 Å². The predicted octanol–water partition coefficient (Wildman–Crippen LogP) is 1.64. The summed E-state index contributed by atoms with van der Waals surface area (Å²) in [6, 6.07) is 2.90. The Balaban J connectivity index is 2.35. The zero-order chi connectivity index (χ0) is 10.1. The lowest BCUT2D eigenvalue weighted by Crippen LogP contribution is -2.37. The van der Waals surface area contributed by atoms with Crippen LogP contribution < -0.4 is 4.90 Å². The maximum absolute atomic E-state index is 10.7. The van der Waals surface area contributed by atoms with Crippen LogP contribution in [0.15, 0.2) is 12.1 Å². The molecule has 0 bridgehead atoms. The van der Waals surface area contributed by atoms with Gasteiger partial charge in [0.1, 0.15) is 11.0 Å². The Morgan fingerprint density at radius 3 is 2.71 bits per heavy atom. The number of aromatic carboxylic acids is 1. The highest BCUT2D eigenvalue weighted by atomic mass is 35.5. The topological polar surface area (TPSA) is 53.4 Å². The Kier molecular flexibility index (Phi) is 2.29. The maximum Gasteiger partial charge on any atom is 0.335 e. The van der Waals surface area contributed by atoms with Crippen LogP contribution >= 0.6 is 11.6 Å². The van der Waals surface area contributed by atoms with Gasteiger partial charge in [-0.3, -0.25) is 0 Å². The minimum atomic E-state index is -0.976. The van der Waals surface area contributed by atoms with Crippen LogP contribution in [0.25, 0.3) is 0 Å². The minimum absolute atomic E-state index is 0.187. The number of rotatable bonds is 2.